The van der Waals surface area contributed by atoms with Gasteiger partial charge < -0.3 is 10.2 Å². The Kier molecular flexibility index (Phi) is 4.87. The van der Waals surface area contributed by atoms with E-state index >= 15 is 0 Å². The number of aromatic nitrogens is 3. The van der Waals surface area contributed by atoms with Crippen LogP contribution in [0.25, 0.3) is 0 Å². The van der Waals surface area contributed by atoms with Crippen molar-refractivity contribution in [3.8, 4) is 0 Å². The summed E-state index contributed by atoms with van der Waals surface area (Å²) in [5.74, 6) is 0.713. The molecule has 0 aromatic carbocycles. The molecule has 5 nitrogen and oxygen atoms in total. The van der Waals surface area contributed by atoms with E-state index in [1.165, 1.54) is 0 Å². The molecule has 1 atom stereocenters. The second-order valence-electron chi connectivity index (χ2n) is 4.76. The maximum Gasteiger partial charge on any atom is 0.225 e. The first-order chi connectivity index (χ1) is 9.56. The van der Waals surface area contributed by atoms with Crippen molar-refractivity contribution in [2.75, 3.05) is 19.0 Å². The Bertz CT molecular complexity index is 556. The summed E-state index contributed by atoms with van der Waals surface area (Å²) in [5, 5.41) is 3.92. The van der Waals surface area contributed by atoms with Gasteiger partial charge in [-0.1, -0.05) is 17.7 Å². The van der Waals surface area contributed by atoms with E-state index in [0.29, 0.717) is 17.6 Å². The highest BCUT2D eigenvalue weighted by Gasteiger charge is 2.07. The molecule has 2 aromatic heterocycles. The molecule has 6 heteroatoms. The largest absolute Gasteiger partial charge is 0.347 e. The zero-order chi connectivity index (χ0) is 14.5. The van der Waals surface area contributed by atoms with E-state index < -0.39 is 0 Å². The number of hydrogen-bond acceptors (Lipinski definition) is 5. The van der Waals surface area contributed by atoms with Gasteiger partial charge in [-0.2, -0.15) is 0 Å². The third kappa shape index (κ3) is 3.88. The number of pyridine rings is 1. The molecule has 0 bridgehead atoms. The van der Waals surface area contributed by atoms with E-state index in [2.05, 4.69) is 27.2 Å². The highest BCUT2D eigenvalue weighted by Crippen LogP contribution is 2.14. The first kappa shape index (κ1) is 14.7. The summed E-state index contributed by atoms with van der Waals surface area (Å²) in [6.45, 7) is 2.76. The van der Waals surface area contributed by atoms with Gasteiger partial charge in [0.1, 0.15) is 5.15 Å². The van der Waals surface area contributed by atoms with E-state index in [1.807, 2.05) is 31.1 Å². The first-order valence-electron chi connectivity index (χ1n) is 6.40. The average Bonchev–Trinajstić information content (AvgIpc) is 2.46. The normalized spacial score (nSPS) is 12.2. The van der Waals surface area contributed by atoms with Crippen molar-refractivity contribution in [2.45, 2.75) is 19.5 Å². The van der Waals surface area contributed by atoms with Gasteiger partial charge in [0.2, 0.25) is 5.95 Å². The molecule has 0 aliphatic rings. The van der Waals surface area contributed by atoms with Crippen LogP contribution in [0.15, 0.2) is 30.6 Å². The number of anilines is 1. The highest BCUT2D eigenvalue weighted by molar-refractivity contribution is 6.29. The zero-order valence-electron chi connectivity index (χ0n) is 11.8. The fraction of sp³-hybridized carbons (Fsp3) is 0.357. The van der Waals surface area contributed by atoms with Crippen molar-refractivity contribution in [3.63, 3.8) is 0 Å². The van der Waals surface area contributed by atoms with Crippen molar-refractivity contribution in [3.05, 3.63) is 47.0 Å². The molecular formula is C14H18ClN5. The molecule has 2 aromatic rings. The predicted octanol–water partition coefficient (Wildman–Crippen LogP) is 2.44. The van der Waals surface area contributed by atoms with Gasteiger partial charge in [0.15, 0.2) is 0 Å². The monoisotopic (exact) mass is 291 g/mol. The molecule has 2 rings (SSSR count). The van der Waals surface area contributed by atoms with E-state index in [4.69, 9.17) is 11.6 Å². The molecular weight excluding hydrogens is 274 g/mol. The average molecular weight is 292 g/mol. The number of nitrogens with one attached hydrogen (secondary N) is 1. The van der Waals surface area contributed by atoms with E-state index in [1.54, 1.807) is 18.5 Å². The Morgan fingerprint density at radius 2 is 2.05 bits per heavy atom. The molecule has 0 unspecified atom stereocenters. The summed E-state index contributed by atoms with van der Waals surface area (Å²) >= 11 is 5.78. The Morgan fingerprint density at radius 3 is 2.70 bits per heavy atom. The van der Waals surface area contributed by atoms with Gasteiger partial charge >= 0.3 is 0 Å². The molecule has 0 aliphatic carbocycles. The SMILES string of the molecule is C[C@@H](NCc1ccnc(N(C)C)n1)c1ccc(Cl)nc1. The van der Waals surface area contributed by atoms with Crippen molar-refractivity contribution in [1.29, 1.82) is 0 Å². The van der Waals surface area contributed by atoms with Gasteiger partial charge in [0, 0.05) is 39.1 Å². The summed E-state index contributed by atoms with van der Waals surface area (Å²) in [4.78, 5) is 14.6. The molecule has 0 amide bonds. The summed E-state index contributed by atoms with van der Waals surface area (Å²) < 4.78 is 0. The van der Waals surface area contributed by atoms with Gasteiger partial charge in [-0.25, -0.2) is 15.0 Å². The standard InChI is InChI=1S/C14H18ClN5/c1-10(11-4-5-13(15)18-8-11)17-9-12-6-7-16-14(19-12)20(2)3/h4-8,10,17H,9H2,1-3H3/t10-/m1/s1. The van der Waals surface area contributed by atoms with Crippen molar-refractivity contribution in [1.82, 2.24) is 20.3 Å². The second kappa shape index (κ2) is 6.63. The molecule has 20 heavy (non-hydrogen) atoms. The molecule has 1 N–H and O–H groups in total. The van der Waals surface area contributed by atoms with Gasteiger partial charge in [-0.3, -0.25) is 0 Å². The summed E-state index contributed by atoms with van der Waals surface area (Å²) in [6.07, 6.45) is 3.55. The molecule has 0 aliphatic heterocycles. The minimum atomic E-state index is 0.178. The van der Waals surface area contributed by atoms with Crippen LogP contribution in [0.1, 0.15) is 24.2 Å². The van der Waals surface area contributed by atoms with Gasteiger partial charge in [-0.15, -0.1) is 0 Å². The highest BCUT2D eigenvalue weighted by atomic mass is 35.5. The number of halogens is 1. The Labute approximate surface area is 124 Å². The zero-order valence-corrected chi connectivity index (χ0v) is 12.6. The molecule has 0 saturated heterocycles. The maximum atomic E-state index is 5.78. The van der Waals surface area contributed by atoms with Gasteiger partial charge in [-0.05, 0) is 24.6 Å². The van der Waals surface area contributed by atoms with Crippen molar-refractivity contribution >= 4 is 17.5 Å². The summed E-state index contributed by atoms with van der Waals surface area (Å²) in [7, 11) is 3.85. The maximum absolute atomic E-state index is 5.78. The lowest BCUT2D eigenvalue weighted by atomic mass is 10.1. The fourth-order valence-electron chi connectivity index (χ4n) is 1.72. The molecule has 0 radical (unpaired) electrons. The Balaban J connectivity index is 1.97. The third-order valence-corrected chi connectivity index (χ3v) is 3.16. The minimum absolute atomic E-state index is 0.178. The predicted molar refractivity (Wildman–Crippen MR) is 80.9 cm³/mol. The van der Waals surface area contributed by atoms with Crippen LogP contribution in [0.3, 0.4) is 0 Å². The van der Waals surface area contributed by atoms with Crippen LogP contribution in [-0.4, -0.2) is 29.0 Å². The number of nitrogens with zero attached hydrogens (tertiary/aromatic N) is 4. The van der Waals surface area contributed by atoms with Crippen LogP contribution >= 0.6 is 11.6 Å². The lowest BCUT2D eigenvalue weighted by Gasteiger charge is -2.15. The first-order valence-corrected chi connectivity index (χ1v) is 6.78. The third-order valence-electron chi connectivity index (χ3n) is 2.94. The quantitative estimate of drug-likeness (QED) is 0.858. The molecule has 106 valence electrons. The van der Waals surface area contributed by atoms with Crippen molar-refractivity contribution < 1.29 is 0 Å². The lowest BCUT2D eigenvalue weighted by molar-refractivity contribution is 0.565. The van der Waals surface area contributed by atoms with Crippen LogP contribution in [0.4, 0.5) is 5.95 Å². The topological polar surface area (TPSA) is 53.9 Å². The molecule has 0 fully saturated rings. The van der Waals surface area contributed by atoms with Gasteiger partial charge in [0.05, 0.1) is 5.69 Å². The van der Waals surface area contributed by atoms with Gasteiger partial charge in [0.25, 0.3) is 0 Å². The molecule has 2 heterocycles. The van der Waals surface area contributed by atoms with E-state index in [0.717, 1.165) is 11.3 Å². The summed E-state index contributed by atoms with van der Waals surface area (Å²) in [6, 6.07) is 5.85. The Morgan fingerprint density at radius 1 is 1.25 bits per heavy atom. The molecule has 0 saturated carbocycles. The lowest BCUT2D eigenvalue weighted by Crippen LogP contribution is -2.20. The minimum Gasteiger partial charge on any atom is -0.347 e. The van der Waals surface area contributed by atoms with E-state index in [9.17, 15) is 0 Å². The smallest absolute Gasteiger partial charge is 0.225 e. The van der Waals surface area contributed by atoms with Crippen molar-refractivity contribution in [2.24, 2.45) is 0 Å². The fourth-order valence-corrected chi connectivity index (χ4v) is 1.83. The number of rotatable bonds is 5. The van der Waals surface area contributed by atoms with Crippen LogP contribution in [-0.2, 0) is 6.54 Å². The van der Waals surface area contributed by atoms with Crippen LogP contribution in [0, 0.1) is 0 Å². The van der Waals surface area contributed by atoms with Crippen LogP contribution in [0.2, 0.25) is 5.15 Å². The second-order valence-corrected chi connectivity index (χ2v) is 5.15. The molecule has 0 spiro atoms. The number of hydrogen-bond donors (Lipinski definition) is 1. The summed E-state index contributed by atoms with van der Waals surface area (Å²) in [5.41, 5.74) is 2.05. The van der Waals surface area contributed by atoms with Crippen LogP contribution < -0.4 is 10.2 Å². The Hall–Kier alpha value is -1.72. The van der Waals surface area contributed by atoms with E-state index in [-0.39, 0.29) is 6.04 Å². The van der Waals surface area contributed by atoms with Crippen LogP contribution in [0.5, 0.6) is 0 Å².